The normalized spacial score (nSPS) is 10.4. The second-order valence-corrected chi connectivity index (χ2v) is 5.33. The zero-order valence-corrected chi connectivity index (χ0v) is 13.1. The summed E-state index contributed by atoms with van der Waals surface area (Å²) >= 11 is 0. The number of carbonyl (C=O) groups excluding carboxylic acids is 1. The maximum atomic E-state index is 12.8. The number of hydrogen-bond donors (Lipinski definition) is 1. The van der Waals surface area contributed by atoms with E-state index in [4.69, 9.17) is 9.15 Å². The number of amides is 1. The number of aryl methyl sites for hydroxylation is 1. The second kappa shape index (κ2) is 7.00. The molecular formula is C19H16FNO3. The monoisotopic (exact) mass is 325 g/mol. The fourth-order valence-electron chi connectivity index (χ4n) is 2.09. The van der Waals surface area contributed by atoms with Crippen molar-refractivity contribution in [3.8, 4) is 5.75 Å². The van der Waals surface area contributed by atoms with Crippen LogP contribution in [0.3, 0.4) is 0 Å². The first kappa shape index (κ1) is 15.8. The molecule has 1 heterocycles. The van der Waals surface area contributed by atoms with Gasteiger partial charge in [-0.05, 0) is 55.5 Å². The van der Waals surface area contributed by atoms with Crippen molar-refractivity contribution in [2.75, 3.05) is 5.32 Å². The van der Waals surface area contributed by atoms with Gasteiger partial charge in [-0.1, -0.05) is 17.7 Å². The summed E-state index contributed by atoms with van der Waals surface area (Å²) in [5.74, 6) is 0.586. The predicted molar refractivity (Wildman–Crippen MR) is 88.6 cm³/mol. The summed E-state index contributed by atoms with van der Waals surface area (Å²) in [5.41, 5.74) is 1.82. The maximum Gasteiger partial charge on any atom is 0.291 e. The van der Waals surface area contributed by atoms with Crippen LogP contribution in [0, 0.1) is 12.7 Å². The average Bonchev–Trinajstić information content (AvgIpc) is 3.06. The summed E-state index contributed by atoms with van der Waals surface area (Å²) in [7, 11) is 0. The number of hydrogen-bond acceptors (Lipinski definition) is 3. The molecule has 0 aliphatic rings. The van der Waals surface area contributed by atoms with E-state index in [0.29, 0.717) is 17.2 Å². The Morgan fingerprint density at radius 3 is 2.46 bits per heavy atom. The van der Waals surface area contributed by atoms with Crippen LogP contribution in [0.2, 0.25) is 0 Å². The largest absolute Gasteiger partial charge is 0.486 e. The van der Waals surface area contributed by atoms with Crippen molar-refractivity contribution >= 4 is 11.6 Å². The lowest BCUT2D eigenvalue weighted by Crippen LogP contribution is -2.10. The van der Waals surface area contributed by atoms with Crippen LogP contribution < -0.4 is 10.1 Å². The Morgan fingerprint density at radius 2 is 1.75 bits per heavy atom. The van der Waals surface area contributed by atoms with Crippen LogP contribution in [-0.4, -0.2) is 5.91 Å². The van der Waals surface area contributed by atoms with Gasteiger partial charge in [-0.15, -0.1) is 0 Å². The van der Waals surface area contributed by atoms with E-state index in [1.807, 2.05) is 31.2 Å². The summed E-state index contributed by atoms with van der Waals surface area (Å²) in [6, 6.07) is 16.5. The summed E-state index contributed by atoms with van der Waals surface area (Å²) < 4.78 is 23.8. The number of rotatable bonds is 5. The number of furan rings is 1. The van der Waals surface area contributed by atoms with Crippen LogP contribution in [-0.2, 0) is 6.61 Å². The summed E-state index contributed by atoms with van der Waals surface area (Å²) in [6.07, 6.45) is 0. The fourth-order valence-corrected chi connectivity index (χ4v) is 2.09. The molecule has 24 heavy (non-hydrogen) atoms. The van der Waals surface area contributed by atoms with E-state index in [-0.39, 0.29) is 24.1 Å². The molecule has 2 aromatic carbocycles. The first-order chi connectivity index (χ1) is 11.6. The minimum atomic E-state index is -0.327. The van der Waals surface area contributed by atoms with E-state index in [1.54, 1.807) is 12.1 Å². The van der Waals surface area contributed by atoms with Crippen LogP contribution >= 0.6 is 0 Å². The van der Waals surface area contributed by atoms with Crippen LogP contribution in [0.5, 0.6) is 5.75 Å². The molecule has 4 nitrogen and oxygen atoms in total. The smallest absolute Gasteiger partial charge is 0.291 e. The molecule has 0 spiro atoms. The number of carbonyl (C=O) groups is 1. The molecule has 1 amide bonds. The molecule has 5 heteroatoms. The van der Waals surface area contributed by atoms with Gasteiger partial charge in [0.25, 0.3) is 5.91 Å². The van der Waals surface area contributed by atoms with Gasteiger partial charge >= 0.3 is 0 Å². The van der Waals surface area contributed by atoms with Crippen molar-refractivity contribution in [1.29, 1.82) is 0 Å². The van der Waals surface area contributed by atoms with Gasteiger partial charge in [0.05, 0.1) is 0 Å². The molecule has 0 unspecified atom stereocenters. The molecule has 0 radical (unpaired) electrons. The average molecular weight is 325 g/mol. The Bertz CT molecular complexity index is 823. The zero-order valence-electron chi connectivity index (χ0n) is 13.1. The highest BCUT2D eigenvalue weighted by atomic mass is 19.1. The first-order valence-electron chi connectivity index (χ1n) is 7.45. The minimum absolute atomic E-state index is 0.156. The van der Waals surface area contributed by atoms with Gasteiger partial charge in [-0.2, -0.15) is 0 Å². The van der Waals surface area contributed by atoms with E-state index in [0.717, 1.165) is 5.56 Å². The van der Waals surface area contributed by atoms with E-state index in [9.17, 15) is 9.18 Å². The van der Waals surface area contributed by atoms with E-state index < -0.39 is 0 Å². The van der Waals surface area contributed by atoms with Gasteiger partial charge in [0.2, 0.25) is 0 Å². The maximum absolute atomic E-state index is 12.8. The van der Waals surface area contributed by atoms with Gasteiger partial charge in [0.15, 0.2) is 5.76 Å². The number of ether oxygens (including phenoxy) is 1. The van der Waals surface area contributed by atoms with Crippen molar-refractivity contribution in [3.05, 3.63) is 83.6 Å². The lowest BCUT2D eigenvalue weighted by atomic mass is 10.2. The van der Waals surface area contributed by atoms with Gasteiger partial charge < -0.3 is 14.5 Å². The molecule has 0 saturated carbocycles. The molecular weight excluding hydrogens is 309 g/mol. The molecule has 122 valence electrons. The van der Waals surface area contributed by atoms with Gasteiger partial charge in [0.1, 0.15) is 23.9 Å². The predicted octanol–water partition coefficient (Wildman–Crippen LogP) is 4.56. The summed E-state index contributed by atoms with van der Waals surface area (Å²) in [4.78, 5) is 12.1. The highest BCUT2D eigenvalue weighted by molar-refractivity contribution is 6.02. The van der Waals surface area contributed by atoms with Gasteiger partial charge in [0, 0.05) is 5.69 Å². The molecule has 0 fully saturated rings. The third kappa shape index (κ3) is 4.01. The molecule has 0 aliphatic heterocycles. The van der Waals surface area contributed by atoms with E-state index in [2.05, 4.69) is 5.32 Å². The Balaban J connectivity index is 1.59. The van der Waals surface area contributed by atoms with Crippen molar-refractivity contribution in [2.24, 2.45) is 0 Å². The summed E-state index contributed by atoms with van der Waals surface area (Å²) in [5, 5.41) is 2.76. The van der Waals surface area contributed by atoms with Crippen molar-refractivity contribution in [3.63, 3.8) is 0 Å². The molecule has 3 aromatic rings. The standard InChI is InChI=1S/C19H16FNO3/c1-13-2-6-15(7-3-13)21-19(22)18-11-10-17(24-18)12-23-16-8-4-14(20)5-9-16/h2-11H,12H2,1H3,(H,21,22). The topological polar surface area (TPSA) is 51.5 Å². The summed E-state index contributed by atoms with van der Waals surface area (Å²) in [6.45, 7) is 2.13. The SMILES string of the molecule is Cc1ccc(NC(=O)c2ccc(COc3ccc(F)cc3)o2)cc1. The van der Waals surface area contributed by atoms with Crippen molar-refractivity contribution in [1.82, 2.24) is 0 Å². The van der Waals surface area contributed by atoms with E-state index >= 15 is 0 Å². The first-order valence-corrected chi connectivity index (χ1v) is 7.45. The fraction of sp³-hybridized carbons (Fsp3) is 0.105. The molecule has 0 aliphatic carbocycles. The number of nitrogens with one attached hydrogen (secondary N) is 1. The van der Waals surface area contributed by atoms with Crippen molar-refractivity contribution < 1.29 is 18.3 Å². The molecule has 0 bridgehead atoms. The lowest BCUT2D eigenvalue weighted by Gasteiger charge is -2.04. The Hall–Kier alpha value is -3.08. The highest BCUT2D eigenvalue weighted by Gasteiger charge is 2.12. The van der Waals surface area contributed by atoms with Crippen LogP contribution in [0.4, 0.5) is 10.1 Å². The second-order valence-electron chi connectivity index (χ2n) is 5.33. The quantitative estimate of drug-likeness (QED) is 0.748. The molecule has 0 saturated heterocycles. The molecule has 0 atom stereocenters. The van der Waals surface area contributed by atoms with Crippen LogP contribution in [0.1, 0.15) is 21.9 Å². The van der Waals surface area contributed by atoms with Crippen LogP contribution in [0.25, 0.3) is 0 Å². The lowest BCUT2D eigenvalue weighted by molar-refractivity contribution is 0.0992. The molecule has 3 rings (SSSR count). The zero-order chi connectivity index (χ0) is 16.9. The van der Waals surface area contributed by atoms with Gasteiger partial charge in [-0.3, -0.25) is 4.79 Å². The molecule has 1 aromatic heterocycles. The van der Waals surface area contributed by atoms with E-state index in [1.165, 1.54) is 24.3 Å². The van der Waals surface area contributed by atoms with Crippen molar-refractivity contribution in [2.45, 2.75) is 13.5 Å². The number of halogens is 1. The van der Waals surface area contributed by atoms with Crippen LogP contribution in [0.15, 0.2) is 65.1 Å². The Labute approximate surface area is 138 Å². The van der Waals surface area contributed by atoms with Gasteiger partial charge in [-0.25, -0.2) is 4.39 Å². The number of anilines is 1. The number of benzene rings is 2. The Morgan fingerprint density at radius 1 is 1.04 bits per heavy atom. The molecule has 1 N–H and O–H groups in total. The minimum Gasteiger partial charge on any atom is -0.486 e. The Kier molecular flexibility index (Phi) is 4.61. The highest BCUT2D eigenvalue weighted by Crippen LogP contribution is 2.16. The third-order valence-corrected chi connectivity index (χ3v) is 3.39. The third-order valence-electron chi connectivity index (χ3n) is 3.39.